The van der Waals surface area contributed by atoms with E-state index < -0.39 is 0 Å². The normalized spacial score (nSPS) is 20.7. The van der Waals surface area contributed by atoms with Gasteiger partial charge in [-0.05, 0) is 0 Å². The van der Waals surface area contributed by atoms with Crippen LogP contribution in [0.25, 0.3) is 0 Å². The number of ether oxygens (including phenoxy) is 1. The zero-order chi connectivity index (χ0) is 20.1. The molecule has 2 aliphatic rings. The van der Waals surface area contributed by atoms with Gasteiger partial charge in [0, 0.05) is 0 Å². The summed E-state index contributed by atoms with van der Waals surface area (Å²) in [7, 11) is 4.13. The van der Waals surface area contributed by atoms with Crippen LogP contribution in [-0.2, 0) is 43.8 Å². The van der Waals surface area contributed by atoms with E-state index in [4.69, 9.17) is 28.0 Å². The van der Waals surface area contributed by atoms with Crippen LogP contribution in [0.15, 0.2) is 11.8 Å². The van der Waals surface area contributed by atoms with Crippen molar-refractivity contribution in [2.24, 2.45) is 5.92 Å². The molecule has 1 saturated carbocycles. The molecule has 0 aromatic rings. The monoisotopic (exact) mass is 371 g/mol. The van der Waals surface area contributed by atoms with E-state index in [2.05, 4.69) is 74.3 Å². The molecular formula is C16H17CrNO6. The average molecular weight is 371 g/mol. The third-order valence-corrected chi connectivity index (χ3v) is 3.51. The summed E-state index contributed by atoms with van der Waals surface area (Å²) in [5.74, 6) is 0.641. The van der Waals surface area contributed by atoms with Gasteiger partial charge in [-0.2, -0.15) is 0 Å². The van der Waals surface area contributed by atoms with Crippen LogP contribution >= 0.6 is 0 Å². The van der Waals surface area contributed by atoms with Gasteiger partial charge in [0.2, 0.25) is 0 Å². The molecule has 0 N–H and O–H groups in total. The molecule has 0 spiro atoms. The van der Waals surface area contributed by atoms with Crippen molar-refractivity contribution in [3.05, 3.63) is 45.0 Å². The molecule has 7 nitrogen and oxygen atoms in total. The number of rotatable bonds is 1. The third-order valence-electron chi connectivity index (χ3n) is 2.99. The first-order valence-corrected chi connectivity index (χ1v) is 6.93. The number of nitrogens with zero attached hydrogens (tertiary/aromatic N) is 1. The molecule has 2 fully saturated rings. The Morgan fingerprint density at radius 2 is 1.33 bits per heavy atom. The Balaban J connectivity index is -0.000000173. The third kappa shape index (κ3) is 12.1. The van der Waals surface area contributed by atoms with Gasteiger partial charge >= 0.3 is 150 Å². The standard InChI is InChI=1S/C11H17NO.5CO.Cr/c1-12(2)7-9-8-13-11-6-4-3-5-10(9)11;5*1-2;/h7,10-11H,3-6H2,1-2H3;;;;;;/b9-7-;;;;;;/t10-,11+;;;;;;/m1....../s1. The van der Waals surface area contributed by atoms with Crippen LogP contribution in [0.4, 0.5) is 0 Å². The predicted molar refractivity (Wildman–Crippen MR) is 73.3 cm³/mol. The van der Waals surface area contributed by atoms with Gasteiger partial charge in [0.1, 0.15) is 0 Å². The van der Waals surface area contributed by atoms with Crippen molar-refractivity contribution in [3.63, 3.8) is 0 Å². The summed E-state index contributed by atoms with van der Waals surface area (Å²) in [6.07, 6.45) is 7.83. The fraction of sp³-hybridized carbons (Fsp3) is 0.500. The molecule has 0 bridgehead atoms. The van der Waals surface area contributed by atoms with Crippen molar-refractivity contribution in [1.29, 1.82) is 0 Å². The molecule has 0 unspecified atom stereocenters. The van der Waals surface area contributed by atoms with Gasteiger partial charge in [0.05, 0.1) is 0 Å². The van der Waals surface area contributed by atoms with Crippen LogP contribution in [0.1, 0.15) is 25.7 Å². The topological polar surface area (TPSA) is 112 Å². The van der Waals surface area contributed by atoms with Crippen LogP contribution in [0.5, 0.6) is 0 Å². The maximum absolute atomic E-state index is 7.50. The SMILES string of the molecule is CN(C)/C=C1/[C](=[Cr])O[C@H]2CCCC[C@H]12.[C-]#[O+].[C-]#[O+].[C-]#[O+].[C-]#[O+].[C-]#[O+]. The fourth-order valence-corrected chi connectivity index (χ4v) is 2.89. The Morgan fingerprint density at radius 1 is 0.917 bits per heavy atom. The molecule has 1 aliphatic heterocycles. The first-order chi connectivity index (χ1) is 11.7. The first kappa shape index (κ1) is 30.5. The Labute approximate surface area is 150 Å². The van der Waals surface area contributed by atoms with Crippen LogP contribution in [-0.4, -0.2) is 29.7 Å². The molecule has 8 heteroatoms. The van der Waals surface area contributed by atoms with Gasteiger partial charge in [-0.1, -0.05) is 0 Å². The van der Waals surface area contributed by atoms with Gasteiger partial charge < -0.3 is 0 Å². The van der Waals surface area contributed by atoms with Crippen molar-refractivity contribution in [1.82, 2.24) is 4.90 Å². The van der Waals surface area contributed by atoms with Gasteiger partial charge in [-0.3, -0.25) is 0 Å². The molecular weight excluding hydrogens is 354 g/mol. The van der Waals surface area contributed by atoms with E-state index in [1.54, 1.807) is 0 Å². The minimum atomic E-state index is 0.450. The zero-order valence-corrected chi connectivity index (χ0v) is 14.6. The van der Waals surface area contributed by atoms with E-state index in [1.165, 1.54) is 31.3 Å². The summed E-state index contributed by atoms with van der Waals surface area (Å²) in [6.45, 7) is 22.5. The first-order valence-electron chi connectivity index (χ1n) is 6.29. The van der Waals surface area contributed by atoms with Crippen LogP contribution in [0.2, 0.25) is 0 Å². The van der Waals surface area contributed by atoms with Crippen molar-refractivity contribution in [3.8, 4) is 0 Å². The number of fused-ring (bicyclic) bond motifs is 1. The molecule has 128 valence electrons. The second kappa shape index (κ2) is 23.9. The fourth-order valence-electron chi connectivity index (χ4n) is 2.38. The summed E-state index contributed by atoms with van der Waals surface area (Å²) in [4.78, 5) is 2.10. The van der Waals surface area contributed by atoms with E-state index in [9.17, 15) is 0 Å². The molecule has 1 aliphatic carbocycles. The Bertz CT molecular complexity index is 427. The van der Waals surface area contributed by atoms with Crippen LogP contribution in [0.3, 0.4) is 0 Å². The zero-order valence-electron chi connectivity index (χ0n) is 13.4. The van der Waals surface area contributed by atoms with E-state index in [1.807, 2.05) is 0 Å². The summed E-state index contributed by atoms with van der Waals surface area (Å²) in [5, 5.41) is 0. The summed E-state index contributed by atoms with van der Waals surface area (Å²) < 4.78 is 44.4. The van der Waals surface area contributed by atoms with E-state index >= 15 is 0 Å². The van der Waals surface area contributed by atoms with Crippen LogP contribution in [0, 0.1) is 39.2 Å². The molecule has 1 heterocycles. The number of hydrogen-bond donors (Lipinski definition) is 0. The summed E-state index contributed by atoms with van der Waals surface area (Å²) >= 11 is 3.05. The van der Waals surface area contributed by atoms with Gasteiger partial charge in [-0.15, -0.1) is 0 Å². The Hall–Kier alpha value is -1.40. The van der Waals surface area contributed by atoms with Gasteiger partial charge in [-0.25, -0.2) is 0 Å². The molecule has 0 aromatic carbocycles. The van der Waals surface area contributed by atoms with E-state index in [0.717, 1.165) is 4.57 Å². The quantitative estimate of drug-likeness (QED) is 0.514. The Morgan fingerprint density at radius 3 is 1.75 bits per heavy atom. The second-order valence-corrected chi connectivity index (χ2v) is 4.96. The molecule has 0 radical (unpaired) electrons. The summed E-state index contributed by atoms with van der Waals surface area (Å²) in [6, 6.07) is 0. The molecule has 0 aromatic heterocycles. The average Bonchev–Trinajstić information content (AvgIpc) is 2.98. The van der Waals surface area contributed by atoms with E-state index in [0.29, 0.717) is 12.0 Å². The molecule has 2 rings (SSSR count). The van der Waals surface area contributed by atoms with Crippen molar-refractivity contribution in [2.75, 3.05) is 14.1 Å². The minimum absolute atomic E-state index is 0.450. The summed E-state index contributed by atoms with van der Waals surface area (Å²) in [5.41, 5.74) is 1.37. The van der Waals surface area contributed by atoms with Crippen LogP contribution < -0.4 is 0 Å². The number of hydrogen-bond acceptors (Lipinski definition) is 2. The molecule has 1 saturated heterocycles. The van der Waals surface area contributed by atoms with E-state index in [-0.39, 0.29) is 0 Å². The van der Waals surface area contributed by atoms with Crippen molar-refractivity contribution >= 4 is 4.57 Å². The van der Waals surface area contributed by atoms with Gasteiger partial charge in [0.15, 0.2) is 0 Å². The second-order valence-electron chi connectivity index (χ2n) is 4.38. The molecule has 0 amide bonds. The van der Waals surface area contributed by atoms with Gasteiger partial charge in [0.25, 0.3) is 0 Å². The predicted octanol–water partition coefficient (Wildman–Crippen LogP) is 1.51. The maximum atomic E-state index is 7.50. The molecule has 24 heavy (non-hydrogen) atoms. The van der Waals surface area contributed by atoms with Crippen molar-refractivity contribution in [2.45, 2.75) is 31.8 Å². The molecule has 2 atom stereocenters. The van der Waals surface area contributed by atoms with Crippen molar-refractivity contribution < 1.29 is 43.8 Å². The Kier molecular flexibility index (Phi) is 30.3.